The average Bonchev–Trinajstić information content (AvgIpc) is 2.08. The molecule has 13 heavy (non-hydrogen) atoms. The largest absolute Gasteiger partial charge is 0.331 e. The van der Waals surface area contributed by atoms with Crippen LogP contribution >= 0.6 is 0 Å². The van der Waals surface area contributed by atoms with Crippen molar-refractivity contribution in [2.75, 3.05) is 19.4 Å². The third-order valence-electron chi connectivity index (χ3n) is 1.44. The molecule has 0 aromatic carbocycles. The van der Waals surface area contributed by atoms with Gasteiger partial charge in [0.2, 0.25) is 0 Å². The van der Waals surface area contributed by atoms with Crippen LogP contribution in [0.4, 0.5) is 10.5 Å². The number of carbonyl (C=O) groups excluding carboxylic acids is 1. The molecular weight excluding hydrogens is 168 g/mol. The van der Waals surface area contributed by atoms with Crippen LogP contribution in [-0.4, -0.2) is 35.0 Å². The summed E-state index contributed by atoms with van der Waals surface area (Å²) in [5, 5.41) is 2.63. The van der Waals surface area contributed by atoms with E-state index in [0.29, 0.717) is 11.5 Å². The van der Waals surface area contributed by atoms with Gasteiger partial charge in [0.25, 0.3) is 0 Å². The molecular formula is C8H12N4O. The molecule has 0 fully saturated rings. The zero-order valence-electron chi connectivity index (χ0n) is 7.90. The number of hydrogen-bond donors (Lipinski definition) is 1. The zero-order chi connectivity index (χ0) is 9.84. The average molecular weight is 180 g/mol. The number of carbonyl (C=O) groups is 1. The number of amides is 2. The summed E-state index contributed by atoms with van der Waals surface area (Å²) in [5.74, 6) is 0.683. The quantitative estimate of drug-likeness (QED) is 0.697. The van der Waals surface area contributed by atoms with Crippen molar-refractivity contribution in [3.8, 4) is 0 Å². The lowest BCUT2D eigenvalue weighted by molar-refractivity contribution is 0.230. The molecule has 0 radical (unpaired) electrons. The fourth-order valence-corrected chi connectivity index (χ4v) is 0.692. The summed E-state index contributed by atoms with van der Waals surface area (Å²) < 4.78 is 0. The van der Waals surface area contributed by atoms with Crippen LogP contribution in [-0.2, 0) is 0 Å². The van der Waals surface area contributed by atoms with Gasteiger partial charge < -0.3 is 10.2 Å². The summed E-state index contributed by atoms with van der Waals surface area (Å²) in [4.78, 5) is 20.5. The van der Waals surface area contributed by atoms with Gasteiger partial charge >= 0.3 is 6.03 Å². The van der Waals surface area contributed by atoms with E-state index in [1.165, 1.54) is 4.90 Å². The maximum atomic E-state index is 11.2. The molecule has 0 spiro atoms. The van der Waals surface area contributed by atoms with Crippen molar-refractivity contribution in [1.29, 1.82) is 0 Å². The number of hydrogen-bond acceptors (Lipinski definition) is 3. The standard InChI is InChI=1S/C8H12N4O/c1-6-9-4-7(5-10-6)11-8(13)12(2)3/h4-5H,1-3H3,(H,11,13). The van der Waals surface area contributed by atoms with Crippen molar-refractivity contribution in [2.24, 2.45) is 0 Å². The molecule has 0 saturated heterocycles. The molecule has 5 heteroatoms. The van der Waals surface area contributed by atoms with Crippen LogP contribution in [0, 0.1) is 6.92 Å². The Balaban J connectivity index is 2.65. The Hall–Kier alpha value is -1.65. The van der Waals surface area contributed by atoms with E-state index < -0.39 is 0 Å². The van der Waals surface area contributed by atoms with Gasteiger partial charge in [-0.25, -0.2) is 14.8 Å². The first-order chi connectivity index (χ1) is 6.09. The van der Waals surface area contributed by atoms with Gasteiger partial charge in [0.15, 0.2) is 0 Å². The molecule has 0 saturated carbocycles. The second kappa shape index (κ2) is 3.84. The molecule has 1 aromatic rings. The summed E-state index contributed by atoms with van der Waals surface area (Å²) in [6.45, 7) is 1.79. The molecule has 0 aliphatic carbocycles. The summed E-state index contributed by atoms with van der Waals surface area (Å²) in [6, 6.07) is -0.188. The lowest BCUT2D eigenvalue weighted by atomic mass is 10.5. The van der Waals surface area contributed by atoms with Crippen molar-refractivity contribution in [3.05, 3.63) is 18.2 Å². The summed E-state index contributed by atoms with van der Waals surface area (Å²) >= 11 is 0. The topological polar surface area (TPSA) is 58.1 Å². The molecule has 1 heterocycles. The third kappa shape index (κ3) is 2.70. The van der Waals surface area contributed by atoms with Crippen LogP contribution in [0.2, 0.25) is 0 Å². The van der Waals surface area contributed by atoms with Gasteiger partial charge in [-0.3, -0.25) is 0 Å². The van der Waals surface area contributed by atoms with E-state index in [1.807, 2.05) is 0 Å². The highest BCUT2D eigenvalue weighted by Crippen LogP contribution is 2.02. The number of aromatic nitrogens is 2. The number of urea groups is 1. The molecule has 0 bridgehead atoms. The second-order valence-electron chi connectivity index (χ2n) is 2.84. The summed E-state index contributed by atoms with van der Waals surface area (Å²) in [5.41, 5.74) is 0.601. The minimum Gasteiger partial charge on any atom is -0.331 e. The highest BCUT2D eigenvalue weighted by molar-refractivity contribution is 5.88. The van der Waals surface area contributed by atoms with Crippen molar-refractivity contribution in [1.82, 2.24) is 14.9 Å². The highest BCUT2D eigenvalue weighted by atomic mass is 16.2. The second-order valence-corrected chi connectivity index (χ2v) is 2.84. The van der Waals surface area contributed by atoms with Gasteiger partial charge in [0, 0.05) is 14.1 Å². The number of nitrogens with one attached hydrogen (secondary N) is 1. The van der Waals surface area contributed by atoms with Gasteiger partial charge in [-0.1, -0.05) is 0 Å². The number of anilines is 1. The van der Waals surface area contributed by atoms with Crippen molar-refractivity contribution in [2.45, 2.75) is 6.92 Å². The Kier molecular flexibility index (Phi) is 2.79. The van der Waals surface area contributed by atoms with E-state index >= 15 is 0 Å². The van der Waals surface area contributed by atoms with Crippen LogP contribution < -0.4 is 5.32 Å². The predicted molar refractivity (Wildman–Crippen MR) is 49.5 cm³/mol. The number of nitrogens with zero attached hydrogens (tertiary/aromatic N) is 3. The number of aryl methyl sites for hydroxylation is 1. The van der Waals surface area contributed by atoms with Gasteiger partial charge in [-0.2, -0.15) is 0 Å². The molecule has 70 valence electrons. The monoisotopic (exact) mass is 180 g/mol. The minimum atomic E-state index is -0.188. The van der Waals surface area contributed by atoms with Gasteiger partial charge in [0.1, 0.15) is 5.82 Å². The summed E-state index contributed by atoms with van der Waals surface area (Å²) in [7, 11) is 3.34. The normalized spacial score (nSPS) is 9.46. The third-order valence-corrected chi connectivity index (χ3v) is 1.44. The van der Waals surface area contributed by atoms with Crippen LogP contribution in [0.15, 0.2) is 12.4 Å². The fraction of sp³-hybridized carbons (Fsp3) is 0.375. The predicted octanol–water partition coefficient (Wildman–Crippen LogP) is 0.879. The Labute approximate surface area is 76.8 Å². The summed E-state index contributed by atoms with van der Waals surface area (Å²) in [6.07, 6.45) is 3.15. The molecule has 1 N–H and O–H groups in total. The smallest absolute Gasteiger partial charge is 0.321 e. The molecule has 0 aliphatic rings. The van der Waals surface area contributed by atoms with E-state index in [9.17, 15) is 4.79 Å². The molecule has 1 rings (SSSR count). The first-order valence-electron chi connectivity index (χ1n) is 3.86. The van der Waals surface area contributed by atoms with E-state index in [1.54, 1.807) is 33.4 Å². The SMILES string of the molecule is Cc1ncc(NC(=O)N(C)C)cn1. The van der Waals surface area contributed by atoms with E-state index in [2.05, 4.69) is 15.3 Å². The van der Waals surface area contributed by atoms with Gasteiger partial charge in [-0.15, -0.1) is 0 Å². The fourth-order valence-electron chi connectivity index (χ4n) is 0.692. The van der Waals surface area contributed by atoms with Crippen LogP contribution in [0.5, 0.6) is 0 Å². The molecule has 0 atom stereocenters. The Morgan fingerprint density at radius 2 is 1.92 bits per heavy atom. The van der Waals surface area contributed by atoms with E-state index in [-0.39, 0.29) is 6.03 Å². The maximum Gasteiger partial charge on any atom is 0.321 e. The van der Waals surface area contributed by atoms with Crippen LogP contribution in [0.25, 0.3) is 0 Å². The van der Waals surface area contributed by atoms with E-state index in [0.717, 1.165) is 0 Å². The Morgan fingerprint density at radius 3 is 2.38 bits per heavy atom. The van der Waals surface area contributed by atoms with Gasteiger partial charge in [0.05, 0.1) is 18.1 Å². The molecule has 1 aromatic heterocycles. The Bertz CT molecular complexity index is 294. The van der Waals surface area contributed by atoms with Crippen LogP contribution in [0.1, 0.15) is 5.82 Å². The molecule has 2 amide bonds. The molecule has 5 nitrogen and oxygen atoms in total. The van der Waals surface area contributed by atoms with Crippen molar-refractivity contribution in [3.63, 3.8) is 0 Å². The maximum absolute atomic E-state index is 11.2. The minimum absolute atomic E-state index is 0.188. The first kappa shape index (κ1) is 9.44. The lowest BCUT2D eigenvalue weighted by Gasteiger charge is -2.10. The van der Waals surface area contributed by atoms with Gasteiger partial charge in [-0.05, 0) is 6.92 Å². The first-order valence-corrected chi connectivity index (χ1v) is 3.86. The van der Waals surface area contributed by atoms with Crippen molar-refractivity contribution >= 4 is 11.7 Å². The molecule has 0 unspecified atom stereocenters. The highest BCUT2D eigenvalue weighted by Gasteiger charge is 2.03. The van der Waals surface area contributed by atoms with E-state index in [4.69, 9.17) is 0 Å². The molecule has 0 aliphatic heterocycles. The lowest BCUT2D eigenvalue weighted by Crippen LogP contribution is -2.27. The zero-order valence-corrected chi connectivity index (χ0v) is 7.90. The van der Waals surface area contributed by atoms with Crippen molar-refractivity contribution < 1.29 is 4.79 Å². The number of rotatable bonds is 1. The Morgan fingerprint density at radius 1 is 1.38 bits per heavy atom. The van der Waals surface area contributed by atoms with Crippen LogP contribution in [0.3, 0.4) is 0 Å².